The Morgan fingerprint density at radius 1 is 1.24 bits per heavy atom. The third-order valence-corrected chi connectivity index (χ3v) is 3.55. The normalized spacial score (nSPS) is 15.6. The molecule has 1 heterocycles. The van der Waals surface area contributed by atoms with Crippen LogP contribution in [0.25, 0.3) is 10.4 Å². The molecule has 1 saturated heterocycles. The van der Waals surface area contributed by atoms with Crippen molar-refractivity contribution in [2.45, 2.75) is 6.42 Å². The number of carbonyl (C=O) groups excluding carboxylic acids is 1. The highest BCUT2D eigenvalue weighted by atomic mass is 19.1. The maximum atomic E-state index is 12.9. The average molecular weight is 291 g/mol. The van der Waals surface area contributed by atoms with E-state index in [2.05, 4.69) is 14.9 Å². The highest BCUT2D eigenvalue weighted by Gasteiger charge is 2.21. The molecule has 0 bridgehead atoms. The molecule has 2 rings (SSSR count). The van der Waals surface area contributed by atoms with Gasteiger partial charge in [-0.25, -0.2) is 4.39 Å². The van der Waals surface area contributed by atoms with E-state index in [4.69, 9.17) is 5.53 Å². The molecule has 0 aliphatic carbocycles. The number of azide groups is 1. The lowest BCUT2D eigenvalue weighted by Gasteiger charge is -2.34. The number of benzene rings is 1. The van der Waals surface area contributed by atoms with Crippen LogP contribution >= 0.6 is 0 Å². The lowest BCUT2D eigenvalue weighted by atomic mass is 10.1. The van der Waals surface area contributed by atoms with Gasteiger partial charge in [-0.2, -0.15) is 0 Å². The molecule has 1 amide bonds. The highest BCUT2D eigenvalue weighted by molar-refractivity contribution is 5.94. The quantitative estimate of drug-likeness (QED) is 0.361. The van der Waals surface area contributed by atoms with Crippen molar-refractivity contribution in [1.29, 1.82) is 0 Å². The average Bonchev–Trinajstić information content (AvgIpc) is 2.52. The van der Waals surface area contributed by atoms with Crippen molar-refractivity contribution in [2.24, 2.45) is 5.11 Å². The molecular weight excluding hydrogens is 273 g/mol. The van der Waals surface area contributed by atoms with Crippen LogP contribution in [0.1, 0.15) is 16.8 Å². The van der Waals surface area contributed by atoms with Gasteiger partial charge in [-0.3, -0.25) is 9.69 Å². The van der Waals surface area contributed by atoms with Gasteiger partial charge in [-0.05, 0) is 42.8 Å². The van der Waals surface area contributed by atoms with Gasteiger partial charge >= 0.3 is 0 Å². The molecule has 0 unspecified atom stereocenters. The van der Waals surface area contributed by atoms with Gasteiger partial charge in [-0.1, -0.05) is 5.11 Å². The number of rotatable bonds is 5. The first-order valence-corrected chi connectivity index (χ1v) is 6.99. The summed E-state index contributed by atoms with van der Waals surface area (Å²) >= 11 is 0. The topological polar surface area (TPSA) is 72.3 Å². The Kier molecular flexibility index (Phi) is 5.54. The highest BCUT2D eigenvalue weighted by Crippen LogP contribution is 2.10. The fourth-order valence-corrected chi connectivity index (χ4v) is 2.36. The van der Waals surface area contributed by atoms with E-state index in [9.17, 15) is 9.18 Å². The van der Waals surface area contributed by atoms with Crippen LogP contribution in [0.15, 0.2) is 29.4 Å². The second-order valence-electron chi connectivity index (χ2n) is 4.95. The van der Waals surface area contributed by atoms with E-state index >= 15 is 0 Å². The fraction of sp³-hybridized carbons (Fsp3) is 0.500. The number of carbonyl (C=O) groups is 1. The molecule has 0 saturated carbocycles. The van der Waals surface area contributed by atoms with Crippen molar-refractivity contribution in [3.63, 3.8) is 0 Å². The predicted octanol–water partition coefficient (Wildman–Crippen LogP) is 2.28. The first-order chi connectivity index (χ1) is 10.2. The molecule has 0 N–H and O–H groups in total. The lowest BCUT2D eigenvalue weighted by Crippen LogP contribution is -2.48. The minimum Gasteiger partial charge on any atom is -0.336 e. The van der Waals surface area contributed by atoms with Gasteiger partial charge in [0.25, 0.3) is 5.91 Å². The zero-order valence-electron chi connectivity index (χ0n) is 11.8. The van der Waals surface area contributed by atoms with Crippen LogP contribution in [-0.4, -0.2) is 55.0 Å². The van der Waals surface area contributed by atoms with Crippen molar-refractivity contribution >= 4 is 5.91 Å². The van der Waals surface area contributed by atoms with Crippen LogP contribution in [0, 0.1) is 5.82 Å². The molecule has 0 spiro atoms. The molecule has 21 heavy (non-hydrogen) atoms. The molecule has 0 atom stereocenters. The van der Waals surface area contributed by atoms with Crippen molar-refractivity contribution < 1.29 is 9.18 Å². The van der Waals surface area contributed by atoms with E-state index in [1.165, 1.54) is 24.3 Å². The maximum absolute atomic E-state index is 12.9. The molecule has 0 radical (unpaired) electrons. The summed E-state index contributed by atoms with van der Waals surface area (Å²) in [6, 6.07) is 5.65. The maximum Gasteiger partial charge on any atom is 0.253 e. The summed E-state index contributed by atoms with van der Waals surface area (Å²) in [6.07, 6.45) is 0.829. The van der Waals surface area contributed by atoms with Crippen LogP contribution in [0.4, 0.5) is 4.39 Å². The van der Waals surface area contributed by atoms with Crippen LogP contribution in [0.5, 0.6) is 0 Å². The van der Waals surface area contributed by atoms with Gasteiger partial charge in [0.15, 0.2) is 0 Å². The predicted molar refractivity (Wildman–Crippen MR) is 77.4 cm³/mol. The molecule has 0 aromatic heterocycles. The second kappa shape index (κ2) is 7.61. The first-order valence-electron chi connectivity index (χ1n) is 6.99. The van der Waals surface area contributed by atoms with E-state index in [1.807, 2.05) is 0 Å². The van der Waals surface area contributed by atoms with Crippen LogP contribution in [0.3, 0.4) is 0 Å². The number of hydrogen-bond acceptors (Lipinski definition) is 3. The Morgan fingerprint density at radius 2 is 1.90 bits per heavy atom. The third-order valence-electron chi connectivity index (χ3n) is 3.55. The molecule has 1 aromatic carbocycles. The molecule has 1 aliphatic heterocycles. The SMILES string of the molecule is [N-]=[N+]=NCCCN1CCN(C(=O)c2ccc(F)cc2)CC1. The van der Waals surface area contributed by atoms with Crippen molar-refractivity contribution in [2.75, 3.05) is 39.3 Å². The van der Waals surface area contributed by atoms with Crippen molar-refractivity contribution in [3.8, 4) is 0 Å². The summed E-state index contributed by atoms with van der Waals surface area (Å²) in [6.45, 7) is 4.32. The minimum atomic E-state index is -0.337. The molecule has 6 nitrogen and oxygen atoms in total. The summed E-state index contributed by atoms with van der Waals surface area (Å²) in [7, 11) is 0. The summed E-state index contributed by atoms with van der Waals surface area (Å²) in [5.41, 5.74) is 8.72. The van der Waals surface area contributed by atoms with E-state index in [0.717, 1.165) is 26.1 Å². The summed E-state index contributed by atoms with van der Waals surface area (Å²) in [5.74, 6) is -0.389. The number of piperazine rings is 1. The van der Waals surface area contributed by atoms with Crippen molar-refractivity contribution in [3.05, 3.63) is 46.1 Å². The Morgan fingerprint density at radius 3 is 2.52 bits per heavy atom. The Balaban J connectivity index is 1.79. The Hall–Kier alpha value is -2.11. The van der Waals surface area contributed by atoms with Gasteiger partial charge < -0.3 is 4.90 Å². The molecule has 1 aromatic rings. The summed E-state index contributed by atoms with van der Waals surface area (Å²) in [5, 5.41) is 3.50. The van der Waals surface area contributed by atoms with Gasteiger partial charge in [-0.15, -0.1) is 0 Å². The zero-order chi connectivity index (χ0) is 15.1. The number of hydrogen-bond donors (Lipinski definition) is 0. The van der Waals surface area contributed by atoms with Crippen LogP contribution in [0.2, 0.25) is 0 Å². The smallest absolute Gasteiger partial charge is 0.253 e. The molecule has 7 heteroatoms. The number of nitrogens with zero attached hydrogens (tertiary/aromatic N) is 5. The van der Waals surface area contributed by atoms with Gasteiger partial charge in [0.2, 0.25) is 0 Å². The molecule has 112 valence electrons. The Bertz CT molecular complexity index is 519. The summed E-state index contributed by atoms with van der Waals surface area (Å²) in [4.78, 5) is 19.0. The second-order valence-corrected chi connectivity index (χ2v) is 4.95. The first kappa shape index (κ1) is 15.3. The zero-order valence-corrected chi connectivity index (χ0v) is 11.8. The summed E-state index contributed by atoms with van der Waals surface area (Å²) < 4.78 is 12.9. The fourth-order valence-electron chi connectivity index (χ4n) is 2.36. The van der Waals surface area contributed by atoms with Crippen LogP contribution < -0.4 is 0 Å². The molecule has 1 aliphatic rings. The molecular formula is C14H18FN5O. The largest absolute Gasteiger partial charge is 0.336 e. The van der Waals surface area contributed by atoms with E-state index in [-0.39, 0.29) is 11.7 Å². The van der Waals surface area contributed by atoms with Crippen LogP contribution in [-0.2, 0) is 0 Å². The van der Waals surface area contributed by atoms with E-state index < -0.39 is 0 Å². The lowest BCUT2D eigenvalue weighted by molar-refractivity contribution is 0.0636. The number of amides is 1. The minimum absolute atomic E-state index is 0.0521. The molecule has 1 fully saturated rings. The van der Waals surface area contributed by atoms with Gasteiger partial charge in [0.05, 0.1) is 0 Å². The van der Waals surface area contributed by atoms with Crippen molar-refractivity contribution in [1.82, 2.24) is 9.80 Å². The van der Waals surface area contributed by atoms with Gasteiger partial charge in [0, 0.05) is 43.2 Å². The monoisotopic (exact) mass is 291 g/mol. The Labute approximate surface area is 122 Å². The van der Waals surface area contributed by atoms with E-state index in [0.29, 0.717) is 25.2 Å². The van der Waals surface area contributed by atoms with E-state index in [1.54, 1.807) is 4.90 Å². The standard InChI is InChI=1S/C14H18FN5O/c15-13-4-2-12(3-5-13)14(21)20-10-8-19(9-11-20)7-1-6-17-18-16/h2-5H,1,6-11H2. The third kappa shape index (κ3) is 4.44. The number of halogens is 1. The van der Waals surface area contributed by atoms with Gasteiger partial charge in [0.1, 0.15) is 5.82 Å².